The van der Waals surface area contributed by atoms with Gasteiger partial charge in [0.05, 0.1) is 0 Å². The molecule has 0 fully saturated rings. The number of fused-ring (bicyclic) bond motifs is 1. The Labute approximate surface area is 168 Å². The molecule has 142 valence electrons. The van der Waals surface area contributed by atoms with E-state index in [2.05, 4.69) is 28.3 Å². The fourth-order valence-electron chi connectivity index (χ4n) is 3.91. The number of carbonyl (C=O) groups excluding carboxylic acids is 1. The zero-order valence-corrected chi connectivity index (χ0v) is 15.7. The molecule has 2 aromatic heterocycles. The van der Waals surface area contributed by atoms with Crippen LogP contribution in [0.1, 0.15) is 33.1 Å². The Bertz CT molecular complexity index is 1140. The summed E-state index contributed by atoms with van der Waals surface area (Å²) in [5, 5.41) is 4.04. The highest BCUT2D eigenvalue weighted by Gasteiger charge is 2.31. The Morgan fingerprint density at radius 1 is 1.00 bits per heavy atom. The topological polar surface area (TPSA) is 59.2 Å². The second-order valence-corrected chi connectivity index (χ2v) is 7.17. The van der Waals surface area contributed by atoms with Crippen LogP contribution in [-0.2, 0) is 6.54 Å². The van der Waals surface area contributed by atoms with Crippen molar-refractivity contribution in [3.8, 4) is 11.3 Å². The van der Waals surface area contributed by atoms with E-state index in [0.29, 0.717) is 24.5 Å². The van der Waals surface area contributed by atoms with Crippen LogP contribution in [0, 0.1) is 0 Å². The van der Waals surface area contributed by atoms with Crippen molar-refractivity contribution in [3.05, 3.63) is 108 Å². The highest BCUT2D eigenvalue weighted by atomic mass is 16.5. The molecule has 2 aromatic carbocycles. The first-order chi connectivity index (χ1) is 14.3. The molecule has 1 aliphatic heterocycles. The van der Waals surface area contributed by atoms with Crippen molar-refractivity contribution >= 4 is 5.91 Å². The van der Waals surface area contributed by atoms with Crippen LogP contribution in [0.15, 0.2) is 89.7 Å². The van der Waals surface area contributed by atoms with Crippen LogP contribution in [0.4, 0.5) is 0 Å². The molecule has 5 rings (SSSR count). The van der Waals surface area contributed by atoms with Crippen LogP contribution in [0.25, 0.3) is 11.3 Å². The third-order valence-corrected chi connectivity index (χ3v) is 5.36. The van der Waals surface area contributed by atoms with E-state index < -0.39 is 0 Å². The first-order valence-corrected chi connectivity index (χ1v) is 9.59. The number of benzene rings is 2. The number of hydrogen-bond acceptors (Lipinski definition) is 4. The van der Waals surface area contributed by atoms with Gasteiger partial charge < -0.3 is 9.42 Å². The molecule has 0 saturated heterocycles. The fourth-order valence-corrected chi connectivity index (χ4v) is 3.91. The maximum atomic E-state index is 13.2. The predicted octanol–water partition coefficient (Wildman–Crippen LogP) is 4.52. The lowest BCUT2D eigenvalue weighted by Gasteiger charge is -2.34. The first-order valence-electron chi connectivity index (χ1n) is 9.59. The molecule has 0 aliphatic carbocycles. The molecule has 0 saturated carbocycles. The molecule has 0 spiro atoms. The van der Waals surface area contributed by atoms with E-state index in [4.69, 9.17) is 4.52 Å². The molecular weight excluding hydrogens is 362 g/mol. The van der Waals surface area contributed by atoms with Gasteiger partial charge in [-0.1, -0.05) is 65.8 Å². The van der Waals surface area contributed by atoms with Gasteiger partial charge in [-0.25, -0.2) is 0 Å². The lowest BCUT2D eigenvalue weighted by atomic mass is 9.85. The summed E-state index contributed by atoms with van der Waals surface area (Å²) in [6.07, 6.45) is 3.64. The molecular formula is C24H19N3O2. The van der Waals surface area contributed by atoms with Crippen molar-refractivity contribution in [2.75, 3.05) is 6.54 Å². The Morgan fingerprint density at radius 3 is 2.66 bits per heavy atom. The number of pyridine rings is 1. The van der Waals surface area contributed by atoms with Crippen molar-refractivity contribution in [2.24, 2.45) is 0 Å². The van der Waals surface area contributed by atoms with Gasteiger partial charge in [-0.15, -0.1) is 0 Å². The zero-order chi connectivity index (χ0) is 19.6. The summed E-state index contributed by atoms with van der Waals surface area (Å²) >= 11 is 0. The van der Waals surface area contributed by atoms with Crippen molar-refractivity contribution in [1.29, 1.82) is 0 Å². The minimum atomic E-state index is -0.126. The first kappa shape index (κ1) is 17.4. The van der Waals surface area contributed by atoms with Gasteiger partial charge in [-0.2, -0.15) is 0 Å². The predicted molar refractivity (Wildman–Crippen MR) is 109 cm³/mol. The van der Waals surface area contributed by atoms with Crippen LogP contribution in [-0.4, -0.2) is 27.5 Å². The average molecular weight is 381 g/mol. The molecule has 1 amide bonds. The largest absolute Gasteiger partial charge is 0.355 e. The van der Waals surface area contributed by atoms with Gasteiger partial charge in [0, 0.05) is 43.0 Å². The fraction of sp³-hybridized carbons (Fsp3) is 0.125. The molecule has 0 N–H and O–H groups in total. The number of aromatic nitrogens is 2. The Kier molecular flexibility index (Phi) is 4.41. The second kappa shape index (κ2) is 7.36. The second-order valence-electron chi connectivity index (χ2n) is 7.17. The molecule has 5 nitrogen and oxygen atoms in total. The van der Waals surface area contributed by atoms with E-state index in [1.54, 1.807) is 12.3 Å². The summed E-state index contributed by atoms with van der Waals surface area (Å²) in [5.74, 6) is 0.549. The Morgan fingerprint density at radius 2 is 1.83 bits per heavy atom. The molecule has 1 unspecified atom stereocenters. The van der Waals surface area contributed by atoms with Crippen LogP contribution in [0.3, 0.4) is 0 Å². The summed E-state index contributed by atoms with van der Waals surface area (Å²) in [6, 6.07) is 23.7. The molecule has 0 bridgehead atoms. The molecule has 29 heavy (non-hydrogen) atoms. The van der Waals surface area contributed by atoms with Gasteiger partial charge in [-0.05, 0) is 22.8 Å². The van der Waals surface area contributed by atoms with E-state index in [9.17, 15) is 4.79 Å². The Balaban J connectivity index is 1.46. The van der Waals surface area contributed by atoms with E-state index in [0.717, 1.165) is 16.7 Å². The minimum absolute atomic E-state index is 0.0816. The number of carbonyl (C=O) groups is 1. The lowest BCUT2D eigenvalue weighted by Crippen LogP contribution is -2.38. The van der Waals surface area contributed by atoms with Crippen LogP contribution in [0.5, 0.6) is 0 Å². The number of nitrogens with zero attached hydrogens (tertiary/aromatic N) is 3. The van der Waals surface area contributed by atoms with Gasteiger partial charge in [0.1, 0.15) is 0 Å². The summed E-state index contributed by atoms with van der Waals surface area (Å²) < 4.78 is 5.44. The SMILES string of the molecule is O=C(c1cc(-c2ccccc2)on1)N1Cc2ccccc2C(c2cccnc2)C1. The molecule has 1 atom stereocenters. The van der Waals surface area contributed by atoms with Gasteiger partial charge in [0.2, 0.25) is 0 Å². The zero-order valence-electron chi connectivity index (χ0n) is 15.7. The smallest absolute Gasteiger partial charge is 0.276 e. The maximum Gasteiger partial charge on any atom is 0.276 e. The quantitative estimate of drug-likeness (QED) is 0.523. The molecule has 4 aromatic rings. The van der Waals surface area contributed by atoms with E-state index in [1.807, 2.05) is 59.6 Å². The highest BCUT2D eigenvalue weighted by molar-refractivity contribution is 5.93. The van der Waals surface area contributed by atoms with Crippen molar-refractivity contribution in [2.45, 2.75) is 12.5 Å². The maximum absolute atomic E-state index is 13.2. The third kappa shape index (κ3) is 3.31. The summed E-state index contributed by atoms with van der Waals surface area (Å²) in [6.45, 7) is 1.13. The summed E-state index contributed by atoms with van der Waals surface area (Å²) in [7, 11) is 0. The monoisotopic (exact) mass is 381 g/mol. The molecule has 0 radical (unpaired) electrons. The van der Waals surface area contributed by atoms with Crippen LogP contribution >= 0.6 is 0 Å². The molecule has 3 heterocycles. The third-order valence-electron chi connectivity index (χ3n) is 5.36. The lowest BCUT2D eigenvalue weighted by molar-refractivity contribution is 0.0714. The van der Waals surface area contributed by atoms with E-state index >= 15 is 0 Å². The number of amides is 1. The van der Waals surface area contributed by atoms with Gasteiger partial charge >= 0.3 is 0 Å². The van der Waals surface area contributed by atoms with E-state index in [1.165, 1.54) is 5.56 Å². The standard InChI is InChI=1S/C24H19N3O2/c28-24(22-13-23(29-26-22)17-7-2-1-3-8-17)27-15-19-9-4-5-11-20(19)21(16-27)18-10-6-12-25-14-18/h1-14,21H,15-16H2. The van der Waals surface area contributed by atoms with Crippen molar-refractivity contribution in [3.63, 3.8) is 0 Å². The van der Waals surface area contributed by atoms with Crippen molar-refractivity contribution in [1.82, 2.24) is 15.0 Å². The summed E-state index contributed by atoms with van der Waals surface area (Å²) in [4.78, 5) is 19.3. The van der Waals surface area contributed by atoms with Crippen LogP contribution in [0.2, 0.25) is 0 Å². The normalized spacial score (nSPS) is 15.7. The minimum Gasteiger partial charge on any atom is -0.355 e. The van der Waals surface area contributed by atoms with Gasteiger partial charge in [0.15, 0.2) is 11.5 Å². The average Bonchev–Trinajstić information content (AvgIpc) is 3.29. The Hall–Kier alpha value is -3.73. The summed E-state index contributed by atoms with van der Waals surface area (Å²) in [5.41, 5.74) is 4.72. The van der Waals surface area contributed by atoms with Crippen molar-refractivity contribution < 1.29 is 9.32 Å². The van der Waals surface area contributed by atoms with Crippen LogP contribution < -0.4 is 0 Å². The number of hydrogen-bond donors (Lipinski definition) is 0. The highest BCUT2D eigenvalue weighted by Crippen LogP contribution is 2.34. The molecule has 1 aliphatic rings. The number of rotatable bonds is 3. The molecule has 5 heteroatoms. The van der Waals surface area contributed by atoms with Gasteiger partial charge in [0.25, 0.3) is 5.91 Å². The van der Waals surface area contributed by atoms with E-state index in [-0.39, 0.29) is 11.8 Å². The van der Waals surface area contributed by atoms with Gasteiger partial charge in [-0.3, -0.25) is 9.78 Å².